The van der Waals surface area contributed by atoms with Crippen molar-refractivity contribution in [1.29, 1.82) is 0 Å². The highest BCUT2D eigenvalue weighted by Crippen LogP contribution is 2.36. The predicted octanol–water partition coefficient (Wildman–Crippen LogP) is 6.09. The van der Waals surface area contributed by atoms with Gasteiger partial charge in [0.25, 0.3) is 0 Å². The van der Waals surface area contributed by atoms with E-state index in [4.69, 9.17) is 9.47 Å². The van der Waals surface area contributed by atoms with Gasteiger partial charge in [0.1, 0.15) is 22.8 Å². The second-order valence-corrected chi connectivity index (χ2v) is 7.04. The van der Waals surface area contributed by atoms with Crippen LogP contribution in [0.5, 0.6) is 11.5 Å². The van der Waals surface area contributed by atoms with Crippen molar-refractivity contribution >= 4 is 23.3 Å². The number of rotatable bonds is 7. The van der Waals surface area contributed by atoms with Gasteiger partial charge >= 0.3 is 5.97 Å². The molecular formula is C23H20O4S. The molecule has 1 N–H and O–H groups in total. The normalized spacial score (nSPS) is 11.5. The Labute approximate surface area is 168 Å². The lowest BCUT2D eigenvalue weighted by molar-refractivity contribution is -0.130. The van der Waals surface area contributed by atoms with E-state index in [1.807, 2.05) is 72.8 Å². The Morgan fingerprint density at radius 3 is 2.29 bits per heavy atom. The van der Waals surface area contributed by atoms with Crippen molar-refractivity contribution in [3.8, 4) is 11.5 Å². The lowest BCUT2D eigenvalue weighted by atomic mass is 10.1. The summed E-state index contributed by atoms with van der Waals surface area (Å²) in [5.74, 6) is 0.822. The molecule has 0 amide bonds. The van der Waals surface area contributed by atoms with Gasteiger partial charge in [0.15, 0.2) is 0 Å². The third-order valence-electron chi connectivity index (χ3n) is 4.04. The summed E-state index contributed by atoms with van der Waals surface area (Å²) in [4.78, 5) is 13.6. The molecule has 142 valence electrons. The first-order chi connectivity index (χ1) is 13.6. The molecule has 0 atom stereocenters. The van der Waals surface area contributed by atoms with Gasteiger partial charge in [-0.25, -0.2) is 4.79 Å². The van der Waals surface area contributed by atoms with Gasteiger partial charge < -0.3 is 14.6 Å². The molecule has 0 aliphatic carbocycles. The van der Waals surface area contributed by atoms with Crippen LogP contribution in [0.1, 0.15) is 12.5 Å². The first-order valence-corrected chi connectivity index (χ1v) is 9.48. The molecule has 3 aromatic rings. The number of benzene rings is 3. The third kappa shape index (κ3) is 4.75. The summed E-state index contributed by atoms with van der Waals surface area (Å²) in [7, 11) is 1.47. The van der Waals surface area contributed by atoms with Gasteiger partial charge in [-0.15, -0.1) is 0 Å². The number of methoxy groups -OCH3 is 1. The monoisotopic (exact) mass is 392 g/mol. The smallest absolute Gasteiger partial charge is 0.339 e. The average molecular weight is 392 g/mol. The molecule has 0 saturated heterocycles. The van der Waals surface area contributed by atoms with Crippen LogP contribution in [0.15, 0.2) is 94.4 Å². The molecule has 3 rings (SSSR count). The van der Waals surface area contributed by atoms with E-state index in [-0.39, 0.29) is 5.57 Å². The van der Waals surface area contributed by atoms with Gasteiger partial charge in [0, 0.05) is 15.4 Å². The Balaban J connectivity index is 1.91. The van der Waals surface area contributed by atoms with Crippen LogP contribution in [0.3, 0.4) is 0 Å². The van der Waals surface area contributed by atoms with Crippen molar-refractivity contribution in [3.63, 3.8) is 0 Å². The quantitative estimate of drug-likeness (QED) is 0.389. The summed E-state index contributed by atoms with van der Waals surface area (Å²) < 4.78 is 11.1. The molecule has 4 nitrogen and oxygen atoms in total. The highest BCUT2D eigenvalue weighted by Gasteiger charge is 2.19. The van der Waals surface area contributed by atoms with Gasteiger partial charge in [0.05, 0.1) is 7.11 Å². The SMILES string of the molecule is COC(C)=C(C(=O)O)c1ccccc1Sc1cccc(Oc2ccccc2)c1. The topological polar surface area (TPSA) is 55.8 Å². The fourth-order valence-electron chi connectivity index (χ4n) is 2.67. The van der Waals surface area contributed by atoms with Crippen LogP contribution in [0.25, 0.3) is 5.57 Å². The zero-order valence-electron chi connectivity index (χ0n) is 15.6. The van der Waals surface area contributed by atoms with E-state index in [0.717, 1.165) is 21.3 Å². The summed E-state index contributed by atoms with van der Waals surface area (Å²) >= 11 is 1.48. The second-order valence-electron chi connectivity index (χ2n) is 5.93. The van der Waals surface area contributed by atoms with E-state index < -0.39 is 5.97 Å². The summed E-state index contributed by atoms with van der Waals surface area (Å²) in [6, 6.07) is 24.7. The number of carbonyl (C=O) groups is 1. The standard InChI is InChI=1S/C23H20O4S/c1-16(26-2)22(23(24)25)20-13-6-7-14-21(20)28-19-12-8-11-18(15-19)27-17-9-4-3-5-10-17/h3-15H,1-2H3,(H,24,25). The molecule has 0 fully saturated rings. The zero-order chi connectivity index (χ0) is 19.9. The number of carboxylic acids is 1. The summed E-state index contributed by atoms with van der Waals surface area (Å²) in [6.45, 7) is 1.65. The summed E-state index contributed by atoms with van der Waals surface area (Å²) in [5.41, 5.74) is 0.774. The van der Waals surface area contributed by atoms with E-state index in [1.54, 1.807) is 13.0 Å². The Kier molecular flexibility index (Phi) is 6.40. The molecule has 0 spiro atoms. The second kappa shape index (κ2) is 9.15. The first kappa shape index (κ1) is 19.6. The number of allylic oxidation sites excluding steroid dienone is 1. The van der Waals surface area contributed by atoms with Crippen LogP contribution < -0.4 is 4.74 Å². The Hall–Kier alpha value is -3.18. The van der Waals surface area contributed by atoms with E-state index in [0.29, 0.717) is 11.3 Å². The first-order valence-electron chi connectivity index (χ1n) is 8.67. The van der Waals surface area contributed by atoms with Crippen molar-refractivity contribution < 1.29 is 19.4 Å². The summed E-state index contributed by atoms with van der Waals surface area (Å²) in [6.07, 6.45) is 0. The minimum absolute atomic E-state index is 0.155. The van der Waals surface area contributed by atoms with E-state index >= 15 is 0 Å². The molecule has 0 heterocycles. The largest absolute Gasteiger partial charge is 0.500 e. The third-order valence-corrected chi connectivity index (χ3v) is 5.11. The summed E-state index contributed by atoms with van der Waals surface area (Å²) in [5, 5.41) is 9.66. The number of ether oxygens (including phenoxy) is 2. The fourth-order valence-corrected chi connectivity index (χ4v) is 3.67. The minimum Gasteiger partial charge on any atom is -0.500 e. The molecule has 0 unspecified atom stereocenters. The lowest BCUT2D eigenvalue weighted by Gasteiger charge is -2.13. The van der Waals surface area contributed by atoms with Gasteiger partial charge in [-0.05, 0) is 43.3 Å². The molecular weight excluding hydrogens is 372 g/mol. The zero-order valence-corrected chi connectivity index (χ0v) is 16.4. The molecule has 0 radical (unpaired) electrons. The van der Waals surface area contributed by atoms with E-state index in [1.165, 1.54) is 18.9 Å². The number of aliphatic carboxylic acids is 1. The van der Waals surface area contributed by atoms with Crippen LogP contribution >= 0.6 is 11.8 Å². The van der Waals surface area contributed by atoms with Crippen molar-refractivity contribution in [2.75, 3.05) is 7.11 Å². The van der Waals surface area contributed by atoms with Crippen molar-refractivity contribution in [2.45, 2.75) is 16.7 Å². The molecule has 0 aliphatic heterocycles. The maximum atomic E-state index is 11.8. The molecule has 0 bridgehead atoms. The Morgan fingerprint density at radius 1 is 0.893 bits per heavy atom. The number of hydrogen-bond acceptors (Lipinski definition) is 4. The number of para-hydroxylation sites is 1. The Bertz CT molecular complexity index is 996. The maximum absolute atomic E-state index is 11.8. The van der Waals surface area contributed by atoms with Crippen molar-refractivity contribution in [3.05, 3.63) is 90.2 Å². The molecule has 3 aromatic carbocycles. The van der Waals surface area contributed by atoms with Gasteiger partial charge in [-0.3, -0.25) is 0 Å². The van der Waals surface area contributed by atoms with Crippen molar-refractivity contribution in [1.82, 2.24) is 0 Å². The average Bonchev–Trinajstić information content (AvgIpc) is 2.70. The highest BCUT2D eigenvalue weighted by molar-refractivity contribution is 7.99. The van der Waals surface area contributed by atoms with Crippen LogP contribution in [-0.2, 0) is 9.53 Å². The predicted molar refractivity (Wildman–Crippen MR) is 111 cm³/mol. The van der Waals surface area contributed by atoms with Crippen molar-refractivity contribution in [2.24, 2.45) is 0 Å². The van der Waals surface area contributed by atoms with E-state index in [2.05, 4.69) is 0 Å². The molecule has 5 heteroatoms. The van der Waals surface area contributed by atoms with Crippen LogP contribution in [0.2, 0.25) is 0 Å². The fraction of sp³-hybridized carbons (Fsp3) is 0.0870. The molecule has 0 aliphatic rings. The minimum atomic E-state index is -1.02. The number of carboxylic acid groups (broad SMARTS) is 1. The van der Waals surface area contributed by atoms with E-state index in [9.17, 15) is 9.90 Å². The van der Waals surface area contributed by atoms with Gasteiger partial charge in [-0.2, -0.15) is 0 Å². The van der Waals surface area contributed by atoms with Gasteiger partial charge in [0.2, 0.25) is 0 Å². The molecule has 0 aromatic heterocycles. The van der Waals surface area contributed by atoms with Crippen LogP contribution in [0, 0.1) is 0 Å². The Morgan fingerprint density at radius 2 is 1.57 bits per heavy atom. The van der Waals surface area contributed by atoms with Gasteiger partial charge in [-0.1, -0.05) is 54.2 Å². The molecule has 28 heavy (non-hydrogen) atoms. The number of hydrogen-bond donors (Lipinski definition) is 1. The molecule has 0 saturated carbocycles. The highest BCUT2D eigenvalue weighted by atomic mass is 32.2. The lowest BCUT2D eigenvalue weighted by Crippen LogP contribution is -2.05. The maximum Gasteiger partial charge on any atom is 0.339 e. The van der Waals surface area contributed by atoms with Crippen LogP contribution in [0.4, 0.5) is 0 Å². The van der Waals surface area contributed by atoms with Crippen LogP contribution in [-0.4, -0.2) is 18.2 Å².